The van der Waals surface area contributed by atoms with E-state index in [-0.39, 0.29) is 5.41 Å². The smallest absolute Gasteiger partial charge is 0.159 e. The van der Waals surface area contributed by atoms with Crippen LogP contribution in [0, 0.1) is 11.8 Å². The number of hydrogen-bond acceptors (Lipinski definition) is 3. The van der Waals surface area contributed by atoms with Gasteiger partial charge in [0.05, 0.1) is 7.11 Å². The Morgan fingerprint density at radius 2 is 2.07 bits per heavy atom. The summed E-state index contributed by atoms with van der Waals surface area (Å²) >= 11 is 0. The minimum absolute atomic E-state index is 0.0167. The second kappa shape index (κ2) is 6.20. The van der Waals surface area contributed by atoms with Gasteiger partial charge in [-0.15, -0.1) is 0 Å². The van der Waals surface area contributed by atoms with Crippen molar-refractivity contribution in [2.24, 2.45) is 11.8 Å². The summed E-state index contributed by atoms with van der Waals surface area (Å²) in [6.45, 7) is 6.64. The first kappa shape index (κ1) is 17.5. The van der Waals surface area contributed by atoms with E-state index in [0.29, 0.717) is 24.2 Å². The van der Waals surface area contributed by atoms with E-state index in [2.05, 4.69) is 36.9 Å². The Balaban J connectivity index is 1.62. The van der Waals surface area contributed by atoms with E-state index in [1.807, 2.05) is 0 Å². The predicted molar refractivity (Wildman–Crippen MR) is 107 cm³/mol. The molecule has 3 unspecified atom stereocenters. The molecule has 1 aliphatic heterocycles. The SMILES string of the molecule is COc1ccc2c(c1)C13CCN(CC4CC4)C(C2)C1CC(=C(C)C)C(=O)C3. The van der Waals surface area contributed by atoms with E-state index in [4.69, 9.17) is 4.74 Å². The van der Waals surface area contributed by atoms with Crippen LogP contribution < -0.4 is 4.74 Å². The molecule has 4 aliphatic rings. The van der Waals surface area contributed by atoms with E-state index in [0.717, 1.165) is 43.0 Å². The van der Waals surface area contributed by atoms with Crippen molar-refractivity contribution in [3.63, 3.8) is 0 Å². The highest BCUT2D eigenvalue weighted by Crippen LogP contribution is 2.57. The number of ether oxygens (including phenoxy) is 1. The molecule has 1 heterocycles. The number of ketones is 1. The van der Waals surface area contributed by atoms with Crippen molar-refractivity contribution in [2.45, 2.75) is 63.8 Å². The fraction of sp³-hybridized carbons (Fsp3) is 0.625. The number of carbonyl (C=O) groups is 1. The van der Waals surface area contributed by atoms with Crippen molar-refractivity contribution in [2.75, 3.05) is 20.2 Å². The third-order valence-electron chi connectivity index (χ3n) is 7.80. The zero-order valence-corrected chi connectivity index (χ0v) is 16.9. The number of carbonyl (C=O) groups excluding carboxylic acids is 1. The number of benzene rings is 1. The number of methoxy groups -OCH3 is 1. The lowest BCUT2D eigenvalue weighted by Gasteiger charge is -2.59. The number of nitrogens with zero attached hydrogens (tertiary/aromatic N) is 1. The maximum Gasteiger partial charge on any atom is 0.159 e. The van der Waals surface area contributed by atoms with Crippen LogP contribution in [0.3, 0.4) is 0 Å². The minimum Gasteiger partial charge on any atom is -0.497 e. The first-order valence-electron chi connectivity index (χ1n) is 10.6. The zero-order valence-electron chi connectivity index (χ0n) is 16.9. The molecule has 3 nitrogen and oxygen atoms in total. The molecule has 27 heavy (non-hydrogen) atoms. The van der Waals surface area contributed by atoms with Gasteiger partial charge >= 0.3 is 0 Å². The van der Waals surface area contributed by atoms with Crippen molar-refractivity contribution < 1.29 is 9.53 Å². The Bertz CT molecular complexity index is 818. The van der Waals surface area contributed by atoms with Crippen LogP contribution in [0.1, 0.15) is 57.1 Å². The summed E-state index contributed by atoms with van der Waals surface area (Å²) in [7, 11) is 1.74. The number of allylic oxidation sites excluding steroid dienone is 2. The molecule has 2 bridgehead atoms. The van der Waals surface area contributed by atoms with Gasteiger partial charge in [-0.2, -0.15) is 0 Å². The lowest BCUT2D eigenvalue weighted by atomic mass is 9.51. The van der Waals surface area contributed by atoms with Gasteiger partial charge in [-0.3, -0.25) is 9.69 Å². The van der Waals surface area contributed by atoms with Gasteiger partial charge in [-0.25, -0.2) is 0 Å². The Morgan fingerprint density at radius 3 is 2.78 bits per heavy atom. The van der Waals surface area contributed by atoms with Gasteiger partial charge in [0.15, 0.2) is 5.78 Å². The highest BCUT2D eigenvalue weighted by atomic mass is 16.5. The summed E-state index contributed by atoms with van der Waals surface area (Å²) in [5.41, 5.74) is 5.21. The first-order valence-corrected chi connectivity index (χ1v) is 10.6. The number of fused-ring (bicyclic) bond motifs is 1. The van der Waals surface area contributed by atoms with Crippen LogP contribution in [0.4, 0.5) is 0 Å². The van der Waals surface area contributed by atoms with Gasteiger partial charge in [-0.05, 0) is 93.2 Å². The van der Waals surface area contributed by atoms with E-state index < -0.39 is 0 Å². The van der Waals surface area contributed by atoms with Crippen molar-refractivity contribution >= 4 is 5.78 Å². The fourth-order valence-corrected chi connectivity index (χ4v) is 6.19. The lowest BCUT2D eigenvalue weighted by molar-refractivity contribution is -0.122. The Hall–Kier alpha value is -1.61. The summed E-state index contributed by atoms with van der Waals surface area (Å²) < 4.78 is 5.56. The molecule has 0 spiro atoms. The second-order valence-electron chi connectivity index (χ2n) is 9.53. The summed E-state index contributed by atoms with van der Waals surface area (Å²) in [5, 5.41) is 0. The van der Waals surface area contributed by atoms with E-state index >= 15 is 0 Å². The van der Waals surface area contributed by atoms with Gasteiger partial charge in [0, 0.05) is 24.4 Å². The summed E-state index contributed by atoms with van der Waals surface area (Å²) in [5.74, 6) is 2.80. The molecule has 3 fully saturated rings. The average Bonchev–Trinajstić information content (AvgIpc) is 3.47. The lowest BCUT2D eigenvalue weighted by Crippen LogP contribution is -2.62. The molecular weight excluding hydrogens is 334 g/mol. The standard InChI is InChI=1S/C24H31NO2/c1-15(2)19-12-21-22-10-17-6-7-18(27-3)11-20(17)24(21,13-23(19)26)8-9-25(22)14-16-4-5-16/h6-7,11,16,21-22H,4-5,8-10,12-14H2,1-3H3. The van der Waals surface area contributed by atoms with Crippen LogP contribution in [0.2, 0.25) is 0 Å². The van der Waals surface area contributed by atoms with Crippen molar-refractivity contribution in [3.05, 3.63) is 40.5 Å². The van der Waals surface area contributed by atoms with Gasteiger partial charge in [0.1, 0.15) is 5.75 Å². The average molecular weight is 366 g/mol. The molecule has 1 aromatic carbocycles. The van der Waals surface area contributed by atoms with E-state index in [1.165, 1.54) is 36.1 Å². The first-order chi connectivity index (χ1) is 13.0. The summed E-state index contributed by atoms with van der Waals surface area (Å²) in [4.78, 5) is 15.9. The molecule has 1 aromatic rings. The molecule has 0 amide bonds. The Kier molecular flexibility index (Phi) is 4.02. The highest BCUT2D eigenvalue weighted by molar-refractivity contribution is 5.98. The fourth-order valence-electron chi connectivity index (χ4n) is 6.19. The van der Waals surface area contributed by atoms with Crippen LogP contribution in [-0.2, 0) is 16.6 Å². The van der Waals surface area contributed by atoms with Crippen molar-refractivity contribution in [3.8, 4) is 5.75 Å². The van der Waals surface area contributed by atoms with Crippen LogP contribution in [0.5, 0.6) is 5.75 Å². The van der Waals surface area contributed by atoms with Crippen molar-refractivity contribution in [1.82, 2.24) is 4.90 Å². The predicted octanol–water partition coefficient (Wildman–Crippen LogP) is 4.29. The molecule has 0 N–H and O–H groups in total. The minimum atomic E-state index is 0.0167. The third-order valence-corrected chi connectivity index (χ3v) is 7.80. The topological polar surface area (TPSA) is 29.5 Å². The maximum atomic E-state index is 13.1. The monoisotopic (exact) mass is 365 g/mol. The molecule has 1 saturated heterocycles. The largest absolute Gasteiger partial charge is 0.497 e. The van der Waals surface area contributed by atoms with Crippen molar-refractivity contribution in [1.29, 1.82) is 0 Å². The van der Waals surface area contributed by atoms with Gasteiger partial charge < -0.3 is 4.74 Å². The molecule has 3 aliphatic carbocycles. The number of hydrogen-bond donors (Lipinski definition) is 0. The maximum absolute atomic E-state index is 13.1. The second-order valence-corrected chi connectivity index (χ2v) is 9.53. The van der Waals surface area contributed by atoms with Gasteiger partial charge in [0.2, 0.25) is 0 Å². The van der Waals surface area contributed by atoms with Crippen LogP contribution >= 0.6 is 0 Å². The molecule has 144 valence electrons. The van der Waals surface area contributed by atoms with Gasteiger partial charge in [-0.1, -0.05) is 11.6 Å². The Morgan fingerprint density at radius 1 is 1.26 bits per heavy atom. The highest BCUT2D eigenvalue weighted by Gasteiger charge is 2.56. The van der Waals surface area contributed by atoms with E-state index in [9.17, 15) is 4.79 Å². The molecule has 3 atom stereocenters. The molecule has 5 rings (SSSR count). The van der Waals surface area contributed by atoms with Gasteiger partial charge in [0.25, 0.3) is 0 Å². The summed E-state index contributed by atoms with van der Waals surface area (Å²) in [6.07, 6.45) is 6.70. The number of likely N-dealkylation sites (tertiary alicyclic amines) is 1. The Labute approximate surface area is 162 Å². The van der Waals surface area contributed by atoms with Crippen LogP contribution in [-0.4, -0.2) is 36.9 Å². The molecule has 0 aromatic heterocycles. The van der Waals surface area contributed by atoms with Crippen LogP contribution in [0.15, 0.2) is 29.3 Å². The van der Waals surface area contributed by atoms with Crippen LogP contribution in [0.25, 0.3) is 0 Å². The molecule has 2 saturated carbocycles. The quantitative estimate of drug-likeness (QED) is 0.749. The molecular formula is C24H31NO2. The molecule has 3 heteroatoms. The zero-order chi connectivity index (χ0) is 18.8. The number of rotatable bonds is 3. The molecule has 0 radical (unpaired) electrons. The third kappa shape index (κ3) is 2.69. The van der Waals surface area contributed by atoms with E-state index in [1.54, 1.807) is 7.11 Å². The number of Topliss-reactive ketones (excluding diaryl/α,β-unsaturated/α-hetero) is 1. The number of piperidine rings is 1. The summed E-state index contributed by atoms with van der Waals surface area (Å²) in [6, 6.07) is 7.20. The normalized spacial score (nSPS) is 32.7.